The fourth-order valence-electron chi connectivity index (χ4n) is 2.93. The van der Waals surface area contributed by atoms with Crippen LogP contribution in [-0.2, 0) is 12.8 Å². The third-order valence-corrected chi connectivity index (χ3v) is 4.18. The molecule has 1 atom stereocenters. The van der Waals surface area contributed by atoms with E-state index < -0.39 is 6.10 Å². The summed E-state index contributed by atoms with van der Waals surface area (Å²) < 4.78 is 5.23. The lowest BCUT2D eigenvalue weighted by atomic mass is 9.99. The van der Waals surface area contributed by atoms with E-state index in [-0.39, 0.29) is 0 Å². The van der Waals surface area contributed by atoms with Crippen molar-refractivity contribution >= 4 is 5.69 Å². The third kappa shape index (κ3) is 2.88. The van der Waals surface area contributed by atoms with Crippen molar-refractivity contribution in [3.05, 3.63) is 59.2 Å². The van der Waals surface area contributed by atoms with E-state index in [0.717, 1.165) is 29.8 Å². The number of aliphatic hydroxyl groups excluding tert-OH is 1. The molecule has 2 aromatic carbocycles. The largest absolute Gasteiger partial charge is 0.497 e. The van der Waals surface area contributed by atoms with Crippen molar-refractivity contribution in [1.82, 2.24) is 0 Å². The molecule has 0 saturated carbocycles. The van der Waals surface area contributed by atoms with Gasteiger partial charge in [0.15, 0.2) is 0 Å². The second kappa shape index (κ2) is 5.78. The van der Waals surface area contributed by atoms with Crippen LogP contribution in [-0.4, -0.2) is 25.8 Å². The molecule has 0 radical (unpaired) electrons. The monoisotopic (exact) mass is 283 g/mol. The Morgan fingerprint density at radius 2 is 2.10 bits per heavy atom. The molecule has 1 N–H and O–H groups in total. The Bertz CT molecular complexity index is 639. The van der Waals surface area contributed by atoms with E-state index >= 15 is 0 Å². The maximum atomic E-state index is 10.5. The molecule has 3 nitrogen and oxygen atoms in total. The van der Waals surface area contributed by atoms with Crippen LogP contribution in [0.5, 0.6) is 5.75 Å². The molecule has 3 rings (SSSR count). The number of rotatable bonds is 4. The lowest BCUT2D eigenvalue weighted by molar-refractivity contribution is 0.178. The number of nitrogens with zero attached hydrogens (tertiary/aromatic N) is 1. The van der Waals surface area contributed by atoms with Gasteiger partial charge in [-0.25, -0.2) is 0 Å². The van der Waals surface area contributed by atoms with E-state index in [4.69, 9.17) is 4.74 Å². The van der Waals surface area contributed by atoms with Gasteiger partial charge in [0.05, 0.1) is 13.2 Å². The highest BCUT2D eigenvalue weighted by Gasteiger charge is 2.18. The number of ether oxygens (including phenoxy) is 1. The lowest BCUT2D eigenvalue weighted by Gasteiger charge is -2.15. The predicted molar refractivity (Wildman–Crippen MR) is 85.1 cm³/mol. The van der Waals surface area contributed by atoms with Crippen LogP contribution < -0.4 is 9.64 Å². The number of hydrogen-bond donors (Lipinski definition) is 1. The summed E-state index contributed by atoms with van der Waals surface area (Å²) in [5, 5.41) is 10.5. The van der Waals surface area contributed by atoms with E-state index in [9.17, 15) is 5.11 Å². The van der Waals surface area contributed by atoms with E-state index in [0.29, 0.717) is 6.42 Å². The van der Waals surface area contributed by atoms with Crippen LogP contribution in [0.25, 0.3) is 0 Å². The number of benzene rings is 2. The normalized spacial score (nSPS) is 14.9. The lowest BCUT2D eigenvalue weighted by Crippen LogP contribution is -2.12. The van der Waals surface area contributed by atoms with Crippen LogP contribution in [0.2, 0.25) is 0 Å². The van der Waals surface area contributed by atoms with Gasteiger partial charge in [-0.3, -0.25) is 0 Å². The smallest absolute Gasteiger partial charge is 0.119 e. The van der Waals surface area contributed by atoms with Gasteiger partial charge in [0, 0.05) is 25.7 Å². The van der Waals surface area contributed by atoms with Crippen molar-refractivity contribution in [1.29, 1.82) is 0 Å². The minimum absolute atomic E-state index is 0.478. The van der Waals surface area contributed by atoms with Crippen LogP contribution in [0.3, 0.4) is 0 Å². The summed E-state index contributed by atoms with van der Waals surface area (Å²) in [6, 6.07) is 14.2. The SMILES string of the molecule is COc1cccc(CC(O)c2ccc3c(c2)CCN3C)c1. The van der Waals surface area contributed by atoms with E-state index in [2.05, 4.69) is 24.1 Å². The Balaban J connectivity index is 1.77. The molecule has 1 heterocycles. The van der Waals surface area contributed by atoms with Crippen LogP contribution in [0.15, 0.2) is 42.5 Å². The van der Waals surface area contributed by atoms with Crippen molar-refractivity contribution in [2.24, 2.45) is 0 Å². The molecular weight excluding hydrogens is 262 g/mol. The van der Waals surface area contributed by atoms with Gasteiger partial charge in [-0.05, 0) is 41.3 Å². The molecule has 0 amide bonds. The van der Waals surface area contributed by atoms with Crippen molar-refractivity contribution in [3.8, 4) is 5.75 Å². The highest BCUT2D eigenvalue weighted by atomic mass is 16.5. The average molecular weight is 283 g/mol. The molecule has 3 heteroatoms. The average Bonchev–Trinajstić information content (AvgIpc) is 2.88. The second-order valence-electron chi connectivity index (χ2n) is 5.63. The fraction of sp³-hybridized carbons (Fsp3) is 0.333. The molecule has 1 unspecified atom stereocenters. The van der Waals surface area contributed by atoms with Gasteiger partial charge in [0.25, 0.3) is 0 Å². The molecule has 0 aliphatic carbocycles. The summed E-state index contributed by atoms with van der Waals surface area (Å²) in [6.45, 7) is 1.06. The van der Waals surface area contributed by atoms with Crippen LogP contribution >= 0.6 is 0 Å². The minimum Gasteiger partial charge on any atom is -0.497 e. The molecule has 0 saturated heterocycles. The predicted octanol–water partition coefficient (Wildman–Crippen LogP) is 2.96. The number of hydrogen-bond acceptors (Lipinski definition) is 3. The quantitative estimate of drug-likeness (QED) is 0.936. The summed E-state index contributed by atoms with van der Waals surface area (Å²) in [5.41, 5.74) is 4.69. The first-order chi connectivity index (χ1) is 10.2. The standard InChI is InChI=1S/C18H21NO2/c1-19-9-8-14-12-15(6-7-17(14)19)18(20)11-13-4-3-5-16(10-13)21-2/h3-7,10,12,18,20H,8-9,11H2,1-2H3. The zero-order chi connectivity index (χ0) is 14.8. The van der Waals surface area contributed by atoms with Gasteiger partial charge >= 0.3 is 0 Å². The van der Waals surface area contributed by atoms with Gasteiger partial charge in [0.1, 0.15) is 5.75 Å². The van der Waals surface area contributed by atoms with Gasteiger partial charge in [-0.2, -0.15) is 0 Å². The van der Waals surface area contributed by atoms with Crippen LogP contribution in [0, 0.1) is 0 Å². The van der Waals surface area contributed by atoms with Gasteiger partial charge in [-0.1, -0.05) is 24.3 Å². The number of aliphatic hydroxyl groups is 1. The highest BCUT2D eigenvalue weighted by Crippen LogP contribution is 2.30. The summed E-state index contributed by atoms with van der Waals surface area (Å²) in [7, 11) is 3.77. The fourth-order valence-corrected chi connectivity index (χ4v) is 2.93. The van der Waals surface area contributed by atoms with E-state index in [1.807, 2.05) is 30.3 Å². The maximum absolute atomic E-state index is 10.5. The van der Waals surface area contributed by atoms with Gasteiger partial charge in [-0.15, -0.1) is 0 Å². The minimum atomic E-state index is -0.478. The van der Waals surface area contributed by atoms with Gasteiger partial charge in [0.2, 0.25) is 0 Å². The Morgan fingerprint density at radius 1 is 1.24 bits per heavy atom. The molecule has 21 heavy (non-hydrogen) atoms. The number of anilines is 1. The number of fused-ring (bicyclic) bond motifs is 1. The Kier molecular flexibility index (Phi) is 3.84. The zero-order valence-corrected chi connectivity index (χ0v) is 12.5. The Labute approximate surface area is 125 Å². The Hall–Kier alpha value is -2.00. The Morgan fingerprint density at radius 3 is 2.90 bits per heavy atom. The van der Waals surface area contributed by atoms with Gasteiger partial charge < -0.3 is 14.7 Å². The molecule has 110 valence electrons. The first kappa shape index (κ1) is 14.0. The maximum Gasteiger partial charge on any atom is 0.119 e. The van der Waals surface area contributed by atoms with Crippen molar-refractivity contribution in [3.63, 3.8) is 0 Å². The van der Waals surface area contributed by atoms with E-state index in [1.165, 1.54) is 11.3 Å². The van der Waals surface area contributed by atoms with Crippen molar-refractivity contribution < 1.29 is 9.84 Å². The van der Waals surface area contributed by atoms with Crippen LogP contribution in [0.4, 0.5) is 5.69 Å². The number of likely N-dealkylation sites (N-methyl/N-ethyl adjacent to an activating group) is 1. The second-order valence-corrected chi connectivity index (χ2v) is 5.63. The molecule has 0 spiro atoms. The molecule has 0 fully saturated rings. The molecule has 0 bridgehead atoms. The van der Waals surface area contributed by atoms with E-state index in [1.54, 1.807) is 7.11 Å². The van der Waals surface area contributed by atoms with Crippen molar-refractivity contribution in [2.75, 3.05) is 25.6 Å². The zero-order valence-electron chi connectivity index (χ0n) is 12.5. The first-order valence-electron chi connectivity index (χ1n) is 7.32. The molecule has 1 aliphatic rings. The highest BCUT2D eigenvalue weighted by molar-refractivity contribution is 5.58. The summed E-state index contributed by atoms with van der Waals surface area (Å²) in [4.78, 5) is 2.26. The molecule has 1 aliphatic heterocycles. The third-order valence-electron chi connectivity index (χ3n) is 4.18. The van der Waals surface area contributed by atoms with Crippen molar-refractivity contribution in [2.45, 2.75) is 18.9 Å². The molecule has 2 aromatic rings. The topological polar surface area (TPSA) is 32.7 Å². The molecular formula is C18H21NO2. The molecule has 0 aromatic heterocycles. The summed E-state index contributed by atoms with van der Waals surface area (Å²) >= 11 is 0. The van der Waals surface area contributed by atoms with Crippen LogP contribution in [0.1, 0.15) is 22.8 Å². The summed E-state index contributed by atoms with van der Waals surface area (Å²) in [6.07, 6.45) is 1.19. The first-order valence-corrected chi connectivity index (χ1v) is 7.32. The number of methoxy groups -OCH3 is 1. The summed E-state index contributed by atoms with van der Waals surface area (Å²) in [5.74, 6) is 0.829.